The van der Waals surface area contributed by atoms with Gasteiger partial charge in [-0.3, -0.25) is 0 Å². The Bertz CT molecular complexity index is 730. The minimum atomic E-state index is -3.87. The van der Waals surface area contributed by atoms with E-state index in [1.807, 2.05) is 30.3 Å². The molecule has 0 spiro atoms. The molecule has 0 amide bonds. The standard InChI is InChI=1S/C15H16BrNO3S/c16-14-7-6-12(10-11-4-2-1-3-5-11)15(21(17,19)20)13(14)8-9-18/h1-7,18H,8-10H2,(H2,17,19,20). The third-order valence-corrected chi connectivity index (χ3v) is 4.99. The van der Waals surface area contributed by atoms with Crippen LogP contribution in [-0.4, -0.2) is 20.1 Å². The maximum atomic E-state index is 12.0. The number of hydrogen-bond acceptors (Lipinski definition) is 3. The quantitative estimate of drug-likeness (QED) is 0.847. The minimum absolute atomic E-state index is 0.106. The summed E-state index contributed by atoms with van der Waals surface area (Å²) in [7, 11) is -3.87. The molecule has 0 aliphatic heterocycles. The van der Waals surface area contributed by atoms with Crippen LogP contribution in [-0.2, 0) is 22.9 Å². The minimum Gasteiger partial charge on any atom is -0.396 e. The number of aliphatic hydroxyl groups excluding tert-OH is 1. The second-order valence-electron chi connectivity index (χ2n) is 4.70. The lowest BCUT2D eigenvalue weighted by molar-refractivity contribution is 0.298. The van der Waals surface area contributed by atoms with Gasteiger partial charge in [-0.1, -0.05) is 52.3 Å². The first-order valence-corrected chi connectivity index (χ1v) is 8.75. The summed E-state index contributed by atoms with van der Waals surface area (Å²) in [6.45, 7) is -0.143. The smallest absolute Gasteiger partial charge is 0.238 e. The molecule has 112 valence electrons. The van der Waals surface area contributed by atoms with Gasteiger partial charge in [0.1, 0.15) is 0 Å². The Morgan fingerprint density at radius 3 is 2.33 bits per heavy atom. The molecule has 0 aliphatic rings. The molecule has 21 heavy (non-hydrogen) atoms. The number of primary sulfonamides is 1. The maximum Gasteiger partial charge on any atom is 0.238 e. The highest BCUT2D eigenvalue weighted by atomic mass is 79.9. The van der Waals surface area contributed by atoms with Gasteiger partial charge in [-0.25, -0.2) is 13.6 Å². The van der Waals surface area contributed by atoms with E-state index in [4.69, 9.17) is 10.2 Å². The van der Waals surface area contributed by atoms with E-state index in [1.165, 1.54) is 0 Å². The Labute approximate surface area is 132 Å². The monoisotopic (exact) mass is 369 g/mol. The molecule has 0 atom stereocenters. The molecule has 3 N–H and O–H groups in total. The number of halogens is 1. The van der Waals surface area contributed by atoms with E-state index in [0.717, 1.165) is 5.56 Å². The summed E-state index contributed by atoms with van der Waals surface area (Å²) in [6.07, 6.45) is 0.702. The molecule has 0 aromatic heterocycles. The van der Waals surface area contributed by atoms with Crippen LogP contribution < -0.4 is 5.14 Å². The summed E-state index contributed by atoms with van der Waals surface area (Å²) in [4.78, 5) is 0.106. The normalized spacial score (nSPS) is 11.6. The van der Waals surface area contributed by atoms with Crippen LogP contribution in [0.2, 0.25) is 0 Å². The molecule has 0 radical (unpaired) electrons. The third kappa shape index (κ3) is 3.91. The van der Waals surface area contributed by atoms with Crippen molar-refractivity contribution in [3.63, 3.8) is 0 Å². The SMILES string of the molecule is NS(=O)(=O)c1c(Cc2ccccc2)ccc(Br)c1CCO. The zero-order chi connectivity index (χ0) is 15.5. The Hall–Kier alpha value is -1.21. The highest BCUT2D eigenvalue weighted by Gasteiger charge is 2.21. The lowest BCUT2D eigenvalue weighted by Crippen LogP contribution is -2.18. The maximum absolute atomic E-state index is 12.0. The third-order valence-electron chi connectivity index (χ3n) is 3.17. The van der Waals surface area contributed by atoms with Crippen LogP contribution in [0.3, 0.4) is 0 Å². The average Bonchev–Trinajstić information content (AvgIpc) is 2.42. The summed E-state index contributed by atoms with van der Waals surface area (Å²) in [5.74, 6) is 0. The van der Waals surface area contributed by atoms with Gasteiger partial charge in [-0.15, -0.1) is 0 Å². The molecule has 2 rings (SSSR count). The fraction of sp³-hybridized carbons (Fsp3) is 0.200. The lowest BCUT2D eigenvalue weighted by Gasteiger charge is -2.14. The second-order valence-corrected chi connectivity index (χ2v) is 7.05. The van der Waals surface area contributed by atoms with Gasteiger partial charge in [0.25, 0.3) is 0 Å². The van der Waals surface area contributed by atoms with Crippen molar-refractivity contribution in [2.75, 3.05) is 6.61 Å². The average molecular weight is 370 g/mol. The van der Waals surface area contributed by atoms with Gasteiger partial charge in [-0.2, -0.15) is 0 Å². The summed E-state index contributed by atoms with van der Waals surface area (Å²) >= 11 is 3.33. The van der Waals surface area contributed by atoms with E-state index in [-0.39, 0.29) is 17.9 Å². The molecular formula is C15H16BrNO3S. The van der Waals surface area contributed by atoms with Crippen molar-refractivity contribution in [3.05, 3.63) is 63.6 Å². The molecule has 2 aromatic rings. The number of nitrogens with two attached hydrogens (primary N) is 1. The zero-order valence-electron chi connectivity index (χ0n) is 11.3. The first-order valence-electron chi connectivity index (χ1n) is 6.41. The van der Waals surface area contributed by atoms with Gasteiger partial charge in [-0.05, 0) is 35.6 Å². The predicted molar refractivity (Wildman–Crippen MR) is 85.6 cm³/mol. The highest BCUT2D eigenvalue weighted by Crippen LogP contribution is 2.29. The molecule has 0 bridgehead atoms. The van der Waals surface area contributed by atoms with E-state index in [0.29, 0.717) is 22.0 Å². The van der Waals surface area contributed by atoms with E-state index < -0.39 is 10.0 Å². The first kappa shape index (κ1) is 16.2. The van der Waals surface area contributed by atoms with Crippen molar-refractivity contribution >= 4 is 26.0 Å². The Balaban J connectivity index is 2.58. The Morgan fingerprint density at radius 2 is 1.76 bits per heavy atom. The molecule has 0 saturated heterocycles. The van der Waals surface area contributed by atoms with E-state index in [1.54, 1.807) is 12.1 Å². The van der Waals surface area contributed by atoms with Crippen LogP contribution in [0, 0.1) is 0 Å². The molecule has 0 fully saturated rings. The summed E-state index contributed by atoms with van der Waals surface area (Å²) in [5.41, 5.74) is 2.16. The van der Waals surface area contributed by atoms with Crippen molar-refractivity contribution in [1.29, 1.82) is 0 Å². The number of rotatable bonds is 5. The highest BCUT2D eigenvalue weighted by molar-refractivity contribution is 9.10. The van der Waals surface area contributed by atoms with Crippen LogP contribution in [0.1, 0.15) is 16.7 Å². The van der Waals surface area contributed by atoms with Crippen molar-refractivity contribution in [2.45, 2.75) is 17.7 Å². The van der Waals surface area contributed by atoms with Gasteiger partial charge >= 0.3 is 0 Å². The molecule has 0 unspecified atom stereocenters. The summed E-state index contributed by atoms with van der Waals surface area (Å²) < 4.78 is 24.6. The molecule has 6 heteroatoms. The molecule has 2 aromatic carbocycles. The molecule has 4 nitrogen and oxygen atoms in total. The van der Waals surface area contributed by atoms with Gasteiger partial charge < -0.3 is 5.11 Å². The lowest BCUT2D eigenvalue weighted by atomic mass is 10.0. The number of sulfonamides is 1. The van der Waals surface area contributed by atoms with Crippen molar-refractivity contribution < 1.29 is 13.5 Å². The van der Waals surface area contributed by atoms with Crippen molar-refractivity contribution in [3.8, 4) is 0 Å². The topological polar surface area (TPSA) is 80.4 Å². The van der Waals surface area contributed by atoms with Gasteiger partial charge in [0.2, 0.25) is 10.0 Å². The molecule has 0 heterocycles. The predicted octanol–water partition coefficient (Wildman–Crippen LogP) is 2.22. The van der Waals surface area contributed by atoms with Crippen LogP contribution in [0.4, 0.5) is 0 Å². The van der Waals surface area contributed by atoms with Gasteiger partial charge in [0.05, 0.1) is 4.90 Å². The van der Waals surface area contributed by atoms with E-state index >= 15 is 0 Å². The molecular weight excluding hydrogens is 354 g/mol. The van der Waals surface area contributed by atoms with Crippen LogP contribution >= 0.6 is 15.9 Å². The number of hydrogen-bond donors (Lipinski definition) is 2. The zero-order valence-corrected chi connectivity index (χ0v) is 13.7. The summed E-state index contributed by atoms with van der Waals surface area (Å²) in [6, 6.07) is 13.1. The fourth-order valence-electron chi connectivity index (χ4n) is 2.31. The van der Waals surface area contributed by atoms with E-state index in [9.17, 15) is 8.42 Å². The Kier molecular flexibility index (Phi) is 5.16. The summed E-state index contributed by atoms with van der Waals surface area (Å²) in [5, 5.41) is 14.5. The Morgan fingerprint density at radius 1 is 1.10 bits per heavy atom. The van der Waals surface area contributed by atoms with Crippen molar-refractivity contribution in [2.24, 2.45) is 5.14 Å². The van der Waals surface area contributed by atoms with E-state index in [2.05, 4.69) is 15.9 Å². The second kappa shape index (κ2) is 6.70. The molecule has 0 saturated carbocycles. The number of aliphatic hydroxyl groups is 1. The largest absolute Gasteiger partial charge is 0.396 e. The van der Waals surface area contributed by atoms with Gasteiger partial charge in [0, 0.05) is 11.1 Å². The molecule has 0 aliphatic carbocycles. The first-order chi connectivity index (χ1) is 9.93. The van der Waals surface area contributed by atoms with Gasteiger partial charge in [0.15, 0.2) is 0 Å². The fourth-order valence-corrected chi connectivity index (χ4v) is 4.03. The number of benzene rings is 2. The van der Waals surface area contributed by atoms with Crippen LogP contribution in [0.5, 0.6) is 0 Å². The van der Waals surface area contributed by atoms with Crippen LogP contribution in [0.15, 0.2) is 51.8 Å². The van der Waals surface area contributed by atoms with Crippen LogP contribution in [0.25, 0.3) is 0 Å². The van der Waals surface area contributed by atoms with Crippen molar-refractivity contribution in [1.82, 2.24) is 0 Å².